The molecule has 0 amide bonds. The standard InChI is InChI=1S/C5H10O10P2.4Na/c6-3(7)1-2(4(8)9)5(16(10,11)12)17(13,14)15;;;;/h2,5H,1H2,(H,6,7)(H,8,9)(H2,10,11,12)(H2,13,14,15);;;;/q;4*+1/p-4. The first-order valence-corrected chi connectivity index (χ1v) is 7.14. The molecule has 100 valence electrons. The first-order valence-electron chi connectivity index (χ1n) is 3.85. The SMILES string of the molecule is O=C([O-])CC(C(=O)[O-])C(P(=O)([O-])[O-])P(=O)(O)O.[Na+].[Na+].[Na+].[Na+]. The van der Waals surface area contributed by atoms with Crippen molar-refractivity contribution >= 4 is 27.1 Å². The van der Waals surface area contributed by atoms with Crippen LogP contribution in [0.2, 0.25) is 0 Å². The molecule has 2 N–H and O–H groups in total. The summed E-state index contributed by atoms with van der Waals surface area (Å²) in [5.41, 5.74) is 0. The third-order valence-corrected chi connectivity index (χ3v) is 5.53. The molecular weight excluding hydrogens is 374 g/mol. The third-order valence-electron chi connectivity index (χ3n) is 1.72. The molecule has 0 fully saturated rings. The molecule has 16 heteroatoms. The van der Waals surface area contributed by atoms with Crippen molar-refractivity contribution in [3.63, 3.8) is 0 Å². The van der Waals surface area contributed by atoms with Crippen molar-refractivity contribution in [3.05, 3.63) is 0 Å². The van der Waals surface area contributed by atoms with E-state index < -0.39 is 44.9 Å². The average Bonchev–Trinajstić information content (AvgIpc) is 1.95. The molecule has 10 nitrogen and oxygen atoms in total. The third kappa shape index (κ3) is 14.1. The molecule has 2 atom stereocenters. The Labute approximate surface area is 208 Å². The molecule has 21 heavy (non-hydrogen) atoms. The number of carboxylic acids is 2. The Morgan fingerprint density at radius 1 is 0.952 bits per heavy atom. The van der Waals surface area contributed by atoms with Crippen LogP contribution in [0.25, 0.3) is 0 Å². The van der Waals surface area contributed by atoms with Gasteiger partial charge in [-0.25, -0.2) is 0 Å². The van der Waals surface area contributed by atoms with E-state index in [-0.39, 0.29) is 118 Å². The van der Waals surface area contributed by atoms with Crippen molar-refractivity contribution in [1.29, 1.82) is 0 Å². The minimum atomic E-state index is -6.04. The van der Waals surface area contributed by atoms with E-state index in [9.17, 15) is 38.7 Å². The van der Waals surface area contributed by atoms with E-state index >= 15 is 0 Å². The molecule has 0 aromatic heterocycles. The molecule has 0 bridgehead atoms. The van der Waals surface area contributed by atoms with Crippen molar-refractivity contribution in [2.24, 2.45) is 5.92 Å². The maximum Gasteiger partial charge on any atom is 1.00 e. The van der Waals surface area contributed by atoms with Gasteiger partial charge in [0.1, 0.15) is 0 Å². The Kier molecular flexibility index (Phi) is 24.3. The molecule has 0 aromatic carbocycles. The largest absolute Gasteiger partial charge is 1.00 e. The molecular formula is C5H6Na4O10P2. The van der Waals surface area contributed by atoms with Crippen LogP contribution >= 0.6 is 15.2 Å². The van der Waals surface area contributed by atoms with Gasteiger partial charge in [-0.1, -0.05) is 7.60 Å². The van der Waals surface area contributed by atoms with E-state index in [0.717, 1.165) is 0 Å². The van der Waals surface area contributed by atoms with Crippen molar-refractivity contribution in [2.75, 3.05) is 0 Å². The van der Waals surface area contributed by atoms with Crippen LogP contribution in [0, 0.1) is 5.92 Å². The molecule has 0 aliphatic heterocycles. The van der Waals surface area contributed by atoms with Gasteiger partial charge >= 0.3 is 126 Å². The number of carbonyl (C=O) groups excluding carboxylic acids is 2. The fourth-order valence-corrected chi connectivity index (χ4v) is 3.97. The van der Waals surface area contributed by atoms with Crippen LogP contribution in [0.1, 0.15) is 6.42 Å². The van der Waals surface area contributed by atoms with Crippen LogP contribution in [-0.4, -0.2) is 27.1 Å². The molecule has 0 aliphatic carbocycles. The fraction of sp³-hybridized carbons (Fsp3) is 0.600. The zero-order valence-electron chi connectivity index (χ0n) is 11.9. The summed E-state index contributed by atoms with van der Waals surface area (Å²) in [4.78, 5) is 58.9. The van der Waals surface area contributed by atoms with Gasteiger partial charge in [-0.05, 0) is 6.42 Å². The van der Waals surface area contributed by atoms with Gasteiger partial charge in [0.15, 0.2) is 0 Å². The summed E-state index contributed by atoms with van der Waals surface area (Å²) < 4.78 is 21.3. The summed E-state index contributed by atoms with van der Waals surface area (Å²) in [5.74, 6) is -7.15. The Bertz CT molecular complexity index is 396. The molecule has 0 heterocycles. The monoisotopic (exact) mass is 380 g/mol. The first kappa shape index (κ1) is 35.4. The predicted octanol–water partition coefficient (Wildman–Crippen LogP) is -17.1. The topological polar surface area (TPSA) is 201 Å². The van der Waals surface area contributed by atoms with Crippen LogP contribution < -0.4 is 138 Å². The van der Waals surface area contributed by atoms with E-state index in [0.29, 0.717) is 0 Å². The second kappa shape index (κ2) is 14.4. The summed E-state index contributed by atoms with van der Waals surface area (Å²) in [5, 5.41) is 17.4. The predicted molar refractivity (Wildman–Crippen MR) is 41.6 cm³/mol. The van der Waals surface area contributed by atoms with Crippen molar-refractivity contribution in [3.8, 4) is 0 Å². The van der Waals surface area contributed by atoms with E-state index in [1.165, 1.54) is 0 Å². The molecule has 0 aliphatic rings. The molecule has 2 unspecified atom stereocenters. The van der Waals surface area contributed by atoms with Gasteiger partial charge in [-0.2, -0.15) is 0 Å². The molecule has 0 saturated carbocycles. The van der Waals surface area contributed by atoms with Gasteiger partial charge in [0.05, 0.1) is 5.40 Å². The Balaban J connectivity index is -0.000000213. The number of carboxylic acid groups (broad SMARTS) is 2. The summed E-state index contributed by atoms with van der Waals surface area (Å²) in [6.45, 7) is 0. The second-order valence-corrected chi connectivity index (χ2v) is 6.82. The Morgan fingerprint density at radius 2 is 1.29 bits per heavy atom. The number of hydrogen-bond acceptors (Lipinski definition) is 8. The normalized spacial score (nSPS) is 13.1. The maximum absolute atomic E-state index is 10.7. The Morgan fingerprint density at radius 3 is 1.43 bits per heavy atom. The molecule has 0 radical (unpaired) electrons. The summed E-state index contributed by atoms with van der Waals surface area (Å²) in [7, 11) is -11.7. The van der Waals surface area contributed by atoms with Gasteiger partial charge in [0.2, 0.25) is 0 Å². The van der Waals surface area contributed by atoms with E-state index in [4.69, 9.17) is 9.79 Å². The Hall–Kier alpha value is 3.24. The summed E-state index contributed by atoms with van der Waals surface area (Å²) in [6.07, 6.45) is -1.56. The van der Waals surface area contributed by atoms with Crippen LogP contribution in [0.3, 0.4) is 0 Å². The fourth-order valence-electron chi connectivity index (χ4n) is 1.13. The van der Waals surface area contributed by atoms with Gasteiger partial charge in [-0.3, -0.25) is 4.57 Å². The van der Waals surface area contributed by atoms with Crippen molar-refractivity contribution < 1.29 is 167 Å². The second-order valence-electron chi connectivity index (χ2n) is 3.04. The zero-order valence-corrected chi connectivity index (χ0v) is 21.7. The number of rotatable bonds is 6. The van der Waals surface area contributed by atoms with Gasteiger partial charge in [0.25, 0.3) is 0 Å². The van der Waals surface area contributed by atoms with Crippen molar-refractivity contribution in [1.82, 2.24) is 0 Å². The van der Waals surface area contributed by atoms with Gasteiger partial charge in [-0.15, -0.1) is 0 Å². The van der Waals surface area contributed by atoms with E-state index in [1.807, 2.05) is 0 Å². The smallest absolute Gasteiger partial charge is 0.810 e. The molecule has 0 aromatic rings. The van der Waals surface area contributed by atoms with Gasteiger partial charge in [0, 0.05) is 17.9 Å². The van der Waals surface area contributed by atoms with E-state index in [2.05, 4.69) is 0 Å². The number of hydrogen-bond donors (Lipinski definition) is 2. The zero-order chi connectivity index (χ0) is 14.0. The average molecular weight is 380 g/mol. The van der Waals surface area contributed by atoms with Crippen LogP contribution in [-0.2, 0) is 18.7 Å². The quantitative estimate of drug-likeness (QED) is 0.329. The maximum atomic E-state index is 10.7. The minimum Gasteiger partial charge on any atom is -0.810 e. The number of carbonyl (C=O) groups is 2. The summed E-state index contributed by atoms with van der Waals surface area (Å²) >= 11 is 0. The number of aliphatic carboxylic acids is 2. The first-order chi connectivity index (χ1) is 7.37. The minimum absolute atomic E-state index is 0. The molecule has 0 saturated heterocycles. The molecule has 0 spiro atoms. The summed E-state index contributed by atoms with van der Waals surface area (Å²) in [6, 6.07) is 0. The van der Waals surface area contributed by atoms with Gasteiger partial charge < -0.3 is 43.9 Å². The molecule has 0 rings (SSSR count). The van der Waals surface area contributed by atoms with Crippen LogP contribution in [0.15, 0.2) is 0 Å². The van der Waals surface area contributed by atoms with E-state index in [1.54, 1.807) is 0 Å². The van der Waals surface area contributed by atoms with Crippen molar-refractivity contribution in [2.45, 2.75) is 11.8 Å². The van der Waals surface area contributed by atoms with Crippen LogP contribution in [0.4, 0.5) is 0 Å². The van der Waals surface area contributed by atoms with Crippen LogP contribution in [0.5, 0.6) is 0 Å².